The zero-order chi connectivity index (χ0) is 12.4. The van der Waals surface area contributed by atoms with Crippen molar-refractivity contribution in [1.29, 1.82) is 0 Å². The molecule has 2 rings (SSSR count). The van der Waals surface area contributed by atoms with Crippen molar-refractivity contribution in [3.63, 3.8) is 0 Å². The van der Waals surface area contributed by atoms with Crippen LogP contribution in [0.4, 0.5) is 5.13 Å². The Hall–Kier alpha value is -1.83. The van der Waals surface area contributed by atoms with E-state index < -0.39 is 17.9 Å². The molecule has 2 atom stereocenters. The Balaban J connectivity index is 2.28. The Labute approximate surface area is 101 Å². The lowest BCUT2D eigenvalue weighted by Gasteiger charge is -2.14. The molecule has 0 radical (unpaired) electrons. The molecule has 0 amide bonds. The molecule has 3 N–H and O–H groups in total. The first-order chi connectivity index (χ1) is 8.13. The van der Waals surface area contributed by atoms with Crippen LogP contribution in [0, 0.1) is 10.8 Å². The van der Waals surface area contributed by atoms with Gasteiger partial charge in [-0.15, -0.1) is 4.91 Å². The monoisotopic (exact) mass is 254 g/mol. The van der Waals surface area contributed by atoms with Gasteiger partial charge in [0.25, 0.3) is 0 Å². The summed E-state index contributed by atoms with van der Waals surface area (Å²) < 4.78 is 4.02. The maximum absolute atomic E-state index is 10.9. The molecule has 7 nitrogen and oxygen atoms in total. The van der Waals surface area contributed by atoms with Crippen molar-refractivity contribution in [2.24, 2.45) is 11.1 Å². The molecule has 0 bridgehead atoms. The Kier molecular flexibility index (Phi) is 3.14. The second-order valence-electron chi connectivity index (χ2n) is 3.69. The summed E-state index contributed by atoms with van der Waals surface area (Å²) in [5.41, 5.74) is 6.13. The van der Waals surface area contributed by atoms with E-state index in [1.54, 1.807) is 0 Å². The standard InChI is InChI=1S/C9H10N4O3S/c10-9-11-7(13-17-9)5-3-1-2-4(5)6(12-16)8(14)15/h3-4,6H,1-2H2,(H,14,15)(H2,10,11,13). The first-order valence-corrected chi connectivity index (χ1v) is 5.75. The highest BCUT2D eigenvalue weighted by Gasteiger charge is 2.36. The molecule has 90 valence electrons. The van der Waals surface area contributed by atoms with Crippen LogP contribution in [0.1, 0.15) is 18.7 Å². The molecule has 1 heterocycles. The molecule has 0 saturated heterocycles. The largest absolute Gasteiger partial charge is 0.480 e. The van der Waals surface area contributed by atoms with Gasteiger partial charge >= 0.3 is 5.97 Å². The number of carboxylic acid groups (broad SMARTS) is 1. The topological polar surface area (TPSA) is 119 Å². The second-order valence-corrected chi connectivity index (χ2v) is 4.47. The van der Waals surface area contributed by atoms with E-state index in [9.17, 15) is 9.70 Å². The lowest BCUT2D eigenvalue weighted by atomic mass is 9.93. The molecular weight excluding hydrogens is 244 g/mol. The van der Waals surface area contributed by atoms with E-state index in [0.29, 0.717) is 29.4 Å². The molecule has 17 heavy (non-hydrogen) atoms. The van der Waals surface area contributed by atoms with Gasteiger partial charge in [-0.1, -0.05) is 11.3 Å². The van der Waals surface area contributed by atoms with Crippen LogP contribution in [-0.4, -0.2) is 26.5 Å². The van der Waals surface area contributed by atoms with E-state index in [1.165, 1.54) is 0 Å². The van der Waals surface area contributed by atoms with Gasteiger partial charge in [0.15, 0.2) is 17.0 Å². The number of aliphatic carboxylic acids is 1. The smallest absolute Gasteiger partial charge is 0.332 e. The molecular formula is C9H10N4O3S. The third-order valence-electron chi connectivity index (χ3n) is 2.69. The number of aromatic nitrogens is 2. The van der Waals surface area contributed by atoms with Crippen LogP contribution in [0.15, 0.2) is 11.3 Å². The molecule has 0 saturated carbocycles. The quantitative estimate of drug-likeness (QED) is 0.777. The van der Waals surface area contributed by atoms with Crippen molar-refractivity contribution >= 4 is 28.2 Å². The fraction of sp³-hybridized carbons (Fsp3) is 0.444. The normalized spacial score (nSPS) is 20.9. The zero-order valence-corrected chi connectivity index (χ0v) is 9.55. The lowest BCUT2D eigenvalue weighted by molar-refractivity contribution is -0.139. The number of hydrogen-bond donors (Lipinski definition) is 2. The highest BCUT2D eigenvalue weighted by Crippen LogP contribution is 2.36. The number of carboxylic acids is 1. The summed E-state index contributed by atoms with van der Waals surface area (Å²) in [6.07, 6.45) is 3.10. The Bertz CT molecular complexity index is 484. The summed E-state index contributed by atoms with van der Waals surface area (Å²) in [4.78, 5) is 25.5. The van der Waals surface area contributed by atoms with Gasteiger partial charge in [-0.25, -0.2) is 4.79 Å². The highest BCUT2D eigenvalue weighted by atomic mass is 32.1. The van der Waals surface area contributed by atoms with Crippen LogP contribution in [0.25, 0.3) is 5.57 Å². The molecule has 8 heteroatoms. The van der Waals surface area contributed by atoms with Crippen LogP contribution in [0.2, 0.25) is 0 Å². The highest BCUT2D eigenvalue weighted by molar-refractivity contribution is 7.09. The van der Waals surface area contributed by atoms with E-state index >= 15 is 0 Å². The van der Waals surface area contributed by atoms with Gasteiger partial charge in [0, 0.05) is 17.5 Å². The second kappa shape index (κ2) is 4.58. The summed E-state index contributed by atoms with van der Waals surface area (Å²) in [6, 6.07) is -1.28. The summed E-state index contributed by atoms with van der Waals surface area (Å²) in [5, 5.41) is 11.9. The minimum absolute atomic E-state index is 0.317. The number of nitroso groups, excluding NO2 is 1. The molecule has 0 aliphatic heterocycles. The molecule has 0 spiro atoms. The van der Waals surface area contributed by atoms with Crippen molar-refractivity contribution < 1.29 is 9.90 Å². The maximum Gasteiger partial charge on any atom is 0.332 e. The predicted octanol–water partition coefficient (Wildman–Crippen LogP) is 1.13. The first-order valence-electron chi connectivity index (χ1n) is 4.98. The number of rotatable bonds is 4. The van der Waals surface area contributed by atoms with Gasteiger partial charge in [0.05, 0.1) is 0 Å². The van der Waals surface area contributed by atoms with Gasteiger partial charge in [-0.05, 0) is 18.4 Å². The fourth-order valence-electron chi connectivity index (χ4n) is 1.95. The van der Waals surface area contributed by atoms with Crippen molar-refractivity contribution in [3.8, 4) is 0 Å². The first kappa shape index (κ1) is 11.6. The van der Waals surface area contributed by atoms with Crippen molar-refractivity contribution in [1.82, 2.24) is 9.36 Å². The number of nitrogen functional groups attached to an aromatic ring is 1. The van der Waals surface area contributed by atoms with Gasteiger partial charge in [-0.3, -0.25) is 0 Å². The number of allylic oxidation sites excluding steroid dienone is 1. The van der Waals surface area contributed by atoms with Gasteiger partial charge in [0.1, 0.15) is 0 Å². The summed E-state index contributed by atoms with van der Waals surface area (Å²) >= 11 is 1.04. The van der Waals surface area contributed by atoms with Crippen molar-refractivity contribution in [3.05, 3.63) is 16.8 Å². The predicted molar refractivity (Wildman–Crippen MR) is 62.2 cm³/mol. The van der Waals surface area contributed by atoms with E-state index in [2.05, 4.69) is 14.5 Å². The van der Waals surface area contributed by atoms with Crippen molar-refractivity contribution in [2.75, 3.05) is 5.73 Å². The molecule has 0 fully saturated rings. The fourth-order valence-corrected chi connectivity index (χ4v) is 2.41. The van der Waals surface area contributed by atoms with Crippen LogP contribution >= 0.6 is 11.5 Å². The van der Waals surface area contributed by atoms with Crippen LogP contribution in [0.5, 0.6) is 0 Å². The number of nitrogens with zero attached hydrogens (tertiary/aromatic N) is 3. The number of hydrogen-bond acceptors (Lipinski definition) is 7. The Morgan fingerprint density at radius 1 is 1.71 bits per heavy atom. The molecule has 1 aliphatic rings. The van der Waals surface area contributed by atoms with Crippen LogP contribution in [0.3, 0.4) is 0 Å². The molecule has 0 aromatic carbocycles. The average molecular weight is 254 g/mol. The van der Waals surface area contributed by atoms with E-state index in [4.69, 9.17) is 10.8 Å². The van der Waals surface area contributed by atoms with Gasteiger partial charge in [0.2, 0.25) is 0 Å². The minimum atomic E-state index is -1.28. The third kappa shape index (κ3) is 2.16. The van der Waals surface area contributed by atoms with Gasteiger partial charge < -0.3 is 10.8 Å². The molecule has 1 aliphatic carbocycles. The Morgan fingerprint density at radius 2 is 2.47 bits per heavy atom. The third-order valence-corrected chi connectivity index (χ3v) is 3.23. The number of anilines is 1. The lowest BCUT2D eigenvalue weighted by Crippen LogP contribution is -2.27. The van der Waals surface area contributed by atoms with Crippen molar-refractivity contribution in [2.45, 2.75) is 18.9 Å². The molecule has 1 aromatic rings. The van der Waals surface area contributed by atoms with Crippen LogP contribution < -0.4 is 5.73 Å². The average Bonchev–Trinajstić information content (AvgIpc) is 2.87. The summed E-state index contributed by atoms with van der Waals surface area (Å²) in [6.45, 7) is 0. The maximum atomic E-state index is 10.9. The molecule has 1 aromatic heterocycles. The van der Waals surface area contributed by atoms with E-state index in [0.717, 1.165) is 11.5 Å². The molecule has 2 unspecified atom stereocenters. The van der Waals surface area contributed by atoms with Gasteiger partial charge in [-0.2, -0.15) is 9.36 Å². The summed E-state index contributed by atoms with van der Waals surface area (Å²) in [7, 11) is 0. The SMILES string of the molecule is Nc1nc(C2=CCCC2C(N=O)C(=O)O)ns1. The Morgan fingerprint density at radius 3 is 3.00 bits per heavy atom. The summed E-state index contributed by atoms with van der Waals surface area (Å²) in [5.74, 6) is -1.27. The van der Waals surface area contributed by atoms with E-state index in [1.807, 2.05) is 6.08 Å². The number of carbonyl (C=O) groups is 1. The number of nitrogens with two attached hydrogens (primary N) is 1. The van der Waals surface area contributed by atoms with Crippen LogP contribution in [-0.2, 0) is 4.79 Å². The zero-order valence-electron chi connectivity index (χ0n) is 8.74. The minimum Gasteiger partial charge on any atom is -0.480 e. The van der Waals surface area contributed by atoms with E-state index in [-0.39, 0.29) is 0 Å².